The molecule has 1 saturated carbocycles. The lowest BCUT2D eigenvalue weighted by atomic mass is 9.78. The summed E-state index contributed by atoms with van der Waals surface area (Å²) in [7, 11) is 0. The highest BCUT2D eigenvalue weighted by Crippen LogP contribution is 2.35. The Hall–Kier alpha value is -1.36. The molecule has 0 saturated heterocycles. The van der Waals surface area contributed by atoms with Crippen molar-refractivity contribution in [3.63, 3.8) is 0 Å². The Labute approximate surface area is 97.7 Å². The van der Waals surface area contributed by atoms with Crippen LogP contribution in [-0.4, -0.2) is 25.5 Å². The van der Waals surface area contributed by atoms with Gasteiger partial charge < -0.3 is 10.3 Å². The predicted octanol–water partition coefficient (Wildman–Crippen LogP) is 2.36. The molecule has 2 aromatic rings. The van der Waals surface area contributed by atoms with Crippen molar-refractivity contribution in [2.75, 3.05) is 5.32 Å². The minimum Gasteiger partial charge on any atom is -0.363 e. The van der Waals surface area contributed by atoms with Crippen LogP contribution in [-0.2, 0) is 0 Å². The van der Waals surface area contributed by atoms with Crippen LogP contribution in [0.25, 0.3) is 11.2 Å². The zero-order chi connectivity index (χ0) is 11.2. The van der Waals surface area contributed by atoms with E-state index in [0.29, 0.717) is 5.65 Å². The molecule has 2 aromatic heterocycles. The van der Waals surface area contributed by atoms with E-state index in [1.807, 2.05) is 0 Å². The fourth-order valence-corrected chi connectivity index (χ4v) is 2.18. The Morgan fingerprint density at radius 3 is 2.94 bits per heavy atom. The van der Waals surface area contributed by atoms with Gasteiger partial charge in [0.15, 0.2) is 11.5 Å². The second-order valence-corrected chi connectivity index (χ2v) is 4.82. The van der Waals surface area contributed by atoms with Gasteiger partial charge in [-0.3, -0.25) is 0 Å². The highest BCUT2D eigenvalue weighted by Gasteiger charge is 2.32. The summed E-state index contributed by atoms with van der Waals surface area (Å²) in [6.07, 6.45) is 5.17. The van der Waals surface area contributed by atoms with Crippen LogP contribution < -0.4 is 5.32 Å². The topological polar surface area (TPSA) is 66.5 Å². The van der Waals surface area contributed by atoms with Gasteiger partial charge in [0, 0.05) is 5.54 Å². The highest BCUT2D eigenvalue weighted by molar-refractivity contribution is 6.28. The van der Waals surface area contributed by atoms with E-state index in [0.717, 1.165) is 24.2 Å². The van der Waals surface area contributed by atoms with Crippen molar-refractivity contribution in [3.05, 3.63) is 11.6 Å². The number of aromatic nitrogens is 4. The molecule has 0 unspecified atom stereocenters. The number of imidazole rings is 1. The van der Waals surface area contributed by atoms with Gasteiger partial charge >= 0.3 is 0 Å². The summed E-state index contributed by atoms with van der Waals surface area (Å²) in [6, 6.07) is 0. The summed E-state index contributed by atoms with van der Waals surface area (Å²) in [5.74, 6) is 0.745. The molecular formula is C10H12ClN5. The summed E-state index contributed by atoms with van der Waals surface area (Å²) in [6.45, 7) is 2.19. The molecule has 5 nitrogen and oxygen atoms in total. The molecule has 1 aliphatic rings. The van der Waals surface area contributed by atoms with Crippen LogP contribution in [0.3, 0.4) is 0 Å². The van der Waals surface area contributed by atoms with Gasteiger partial charge in [0.2, 0.25) is 5.28 Å². The van der Waals surface area contributed by atoms with Gasteiger partial charge in [-0.25, -0.2) is 4.98 Å². The second kappa shape index (κ2) is 3.31. The van der Waals surface area contributed by atoms with E-state index in [4.69, 9.17) is 11.6 Å². The van der Waals surface area contributed by atoms with E-state index in [-0.39, 0.29) is 10.8 Å². The number of nitrogens with zero attached hydrogens (tertiary/aromatic N) is 3. The number of aromatic amines is 1. The first kappa shape index (κ1) is 9.84. The number of anilines is 1. The van der Waals surface area contributed by atoms with Crippen LogP contribution in [0.1, 0.15) is 26.2 Å². The molecule has 0 radical (unpaired) electrons. The predicted molar refractivity (Wildman–Crippen MR) is 62.6 cm³/mol. The molecule has 2 N–H and O–H groups in total. The lowest BCUT2D eigenvalue weighted by Crippen LogP contribution is -2.42. The third-order valence-electron chi connectivity index (χ3n) is 3.14. The van der Waals surface area contributed by atoms with Gasteiger partial charge in [0.1, 0.15) is 5.52 Å². The van der Waals surface area contributed by atoms with Crippen molar-refractivity contribution < 1.29 is 0 Å². The van der Waals surface area contributed by atoms with Gasteiger partial charge in [-0.15, -0.1) is 0 Å². The van der Waals surface area contributed by atoms with Crippen LogP contribution >= 0.6 is 11.6 Å². The van der Waals surface area contributed by atoms with Crippen molar-refractivity contribution >= 4 is 28.6 Å². The molecule has 16 heavy (non-hydrogen) atoms. The number of H-pyrrole nitrogens is 1. The van der Waals surface area contributed by atoms with E-state index >= 15 is 0 Å². The number of rotatable bonds is 2. The molecule has 1 aliphatic carbocycles. The third-order valence-corrected chi connectivity index (χ3v) is 3.30. The number of hydrogen-bond acceptors (Lipinski definition) is 4. The lowest BCUT2D eigenvalue weighted by Gasteiger charge is -2.39. The molecule has 84 valence electrons. The van der Waals surface area contributed by atoms with Crippen molar-refractivity contribution in [1.29, 1.82) is 0 Å². The molecule has 0 bridgehead atoms. The van der Waals surface area contributed by atoms with E-state index in [2.05, 4.69) is 32.2 Å². The van der Waals surface area contributed by atoms with Crippen molar-refractivity contribution in [2.24, 2.45) is 0 Å². The van der Waals surface area contributed by atoms with Gasteiger partial charge in [-0.1, -0.05) is 0 Å². The summed E-state index contributed by atoms with van der Waals surface area (Å²) in [5.41, 5.74) is 1.55. The van der Waals surface area contributed by atoms with Gasteiger partial charge in [0.05, 0.1) is 6.33 Å². The highest BCUT2D eigenvalue weighted by atomic mass is 35.5. The Kier molecular flexibility index (Phi) is 2.04. The number of hydrogen-bond donors (Lipinski definition) is 2. The lowest BCUT2D eigenvalue weighted by molar-refractivity contribution is 0.306. The molecular weight excluding hydrogens is 226 g/mol. The van der Waals surface area contributed by atoms with E-state index in [1.54, 1.807) is 6.33 Å². The Morgan fingerprint density at radius 2 is 2.25 bits per heavy atom. The Balaban J connectivity index is 2.04. The van der Waals surface area contributed by atoms with Gasteiger partial charge in [-0.2, -0.15) is 9.97 Å². The maximum atomic E-state index is 5.85. The van der Waals surface area contributed by atoms with Crippen LogP contribution in [0, 0.1) is 0 Å². The largest absolute Gasteiger partial charge is 0.363 e. The third kappa shape index (κ3) is 1.51. The maximum absolute atomic E-state index is 5.85. The van der Waals surface area contributed by atoms with Crippen molar-refractivity contribution in [1.82, 2.24) is 19.9 Å². The molecule has 0 aromatic carbocycles. The molecule has 3 rings (SSSR count). The average Bonchev–Trinajstić information content (AvgIpc) is 2.63. The summed E-state index contributed by atoms with van der Waals surface area (Å²) in [4.78, 5) is 15.4. The Morgan fingerprint density at radius 1 is 1.44 bits per heavy atom. The van der Waals surface area contributed by atoms with E-state index < -0.39 is 0 Å². The Bertz CT molecular complexity index is 531. The number of fused-ring (bicyclic) bond motifs is 1. The SMILES string of the molecule is CC1(Nc2nc(Cl)nc3nc[nH]c23)CCC1. The monoisotopic (exact) mass is 237 g/mol. The van der Waals surface area contributed by atoms with Crippen molar-refractivity contribution in [3.8, 4) is 0 Å². The maximum Gasteiger partial charge on any atom is 0.226 e. The van der Waals surface area contributed by atoms with Crippen LogP contribution in [0.15, 0.2) is 6.33 Å². The fraction of sp³-hybridized carbons (Fsp3) is 0.500. The molecule has 0 atom stereocenters. The fourth-order valence-electron chi connectivity index (χ4n) is 2.02. The van der Waals surface area contributed by atoms with E-state index in [9.17, 15) is 0 Å². The first-order valence-electron chi connectivity index (χ1n) is 5.31. The second-order valence-electron chi connectivity index (χ2n) is 4.48. The summed E-state index contributed by atoms with van der Waals surface area (Å²) < 4.78 is 0. The molecule has 0 spiro atoms. The van der Waals surface area contributed by atoms with Crippen LogP contribution in [0.4, 0.5) is 5.82 Å². The first-order chi connectivity index (χ1) is 7.66. The zero-order valence-corrected chi connectivity index (χ0v) is 9.67. The van der Waals surface area contributed by atoms with Gasteiger partial charge in [0.25, 0.3) is 0 Å². The zero-order valence-electron chi connectivity index (χ0n) is 8.92. The molecule has 0 aliphatic heterocycles. The van der Waals surface area contributed by atoms with E-state index in [1.165, 1.54) is 6.42 Å². The quantitative estimate of drug-likeness (QED) is 0.787. The van der Waals surface area contributed by atoms with Gasteiger partial charge in [-0.05, 0) is 37.8 Å². The number of nitrogens with one attached hydrogen (secondary N) is 2. The molecule has 6 heteroatoms. The standard InChI is InChI=1S/C10H12ClN5/c1-10(3-2-4-10)16-8-6-7(13-5-12-6)14-9(11)15-8/h5H,2-4H2,1H3,(H2,12,13,14,15,16). The molecule has 0 amide bonds. The summed E-state index contributed by atoms with van der Waals surface area (Å²) in [5, 5.41) is 3.64. The first-order valence-corrected chi connectivity index (χ1v) is 5.69. The normalized spacial score (nSPS) is 18.4. The van der Waals surface area contributed by atoms with Crippen LogP contribution in [0.2, 0.25) is 5.28 Å². The summed E-state index contributed by atoms with van der Waals surface area (Å²) >= 11 is 5.85. The smallest absolute Gasteiger partial charge is 0.226 e. The molecule has 1 fully saturated rings. The van der Waals surface area contributed by atoms with Crippen molar-refractivity contribution in [2.45, 2.75) is 31.7 Å². The molecule has 2 heterocycles. The van der Waals surface area contributed by atoms with Crippen LogP contribution in [0.5, 0.6) is 0 Å². The number of halogens is 1. The minimum atomic E-state index is 0.135. The minimum absolute atomic E-state index is 0.135. The average molecular weight is 238 g/mol.